The second kappa shape index (κ2) is 16.1. The Morgan fingerprint density at radius 1 is 1.10 bits per heavy atom. The Bertz CT molecular complexity index is 632. The standard InChI is InChI=1S/C23H41ClN6.HI/c1-5-30(6-2)22(20-11-7-8-12-21(20)24)19-27-23(25-3)26-13-9-10-14-29-17-15-28(4)16-18-29;/h7-8,11-12,22H,5-6,9-10,13-19H2,1-4H3,(H2,25,26,27);1H. The number of likely N-dealkylation sites (N-methyl/N-ethyl adjacent to an activating group) is 2. The van der Waals surface area contributed by atoms with Crippen molar-refractivity contribution >= 4 is 41.5 Å². The van der Waals surface area contributed by atoms with E-state index >= 15 is 0 Å². The van der Waals surface area contributed by atoms with Crippen molar-refractivity contribution < 1.29 is 0 Å². The van der Waals surface area contributed by atoms with Crippen molar-refractivity contribution in [2.24, 2.45) is 4.99 Å². The Labute approximate surface area is 211 Å². The Morgan fingerprint density at radius 2 is 1.77 bits per heavy atom. The van der Waals surface area contributed by atoms with Crippen molar-refractivity contribution in [2.45, 2.75) is 32.7 Å². The summed E-state index contributed by atoms with van der Waals surface area (Å²) in [6, 6.07) is 8.36. The first-order valence-electron chi connectivity index (χ1n) is 11.4. The fourth-order valence-corrected chi connectivity index (χ4v) is 4.26. The van der Waals surface area contributed by atoms with Crippen LogP contribution in [0.25, 0.3) is 0 Å². The van der Waals surface area contributed by atoms with Gasteiger partial charge in [0.1, 0.15) is 0 Å². The molecule has 2 rings (SSSR count). The van der Waals surface area contributed by atoms with Gasteiger partial charge in [0.2, 0.25) is 0 Å². The first-order chi connectivity index (χ1) is 14.6. The molecule has 0 aromatic heterocycles. The number of rotatable bonds is 11. The minimum absolute atomic E-state index is 0. The predicted molar refractivity (Wildman–Crippen MR) is 145 cm³/mol. The van der Waals surface area contributed by atoms with Gasteiger partial charge in [-0.15, -0.1) is 24.0 Å². The Hall–Kier alpha value is -0.610. The molecule has 1 fully saturated rings. The molecule has 1 aliphatic rings. The Kier molecular flexibility index (Phi) is 14.7. The molecule has 2 N–H and O–H groups in total. The summed E-state index contributed by atoms with van der Waals surface area (Å²) in [5.41, 5.74) is 1.16. The summed E-state index contributed by atoms with van der Waals surface area (Å²) in [7, 11) is 4.04. The van der Waals surface area contributed by atoms with Crippen molar-refractivity contribution in [2.75, 3.05) is 73.0 Å². The highest BCUT2D eigenvalue weighted by atomic mass is 127. The van der Waals surface area contributed by atoms with Crippen LogP contribution in [0, 0.1) is 0 Å². The molecule has 178 valence electrons. The molecule has 1 aromatic rings. The Morgan fingerprint density at radius 3 is 2.39 bits per heavy atom. The molecule has 0 aliphatic carbocycles. The molecule has 1 atom stereocenters. The second-order valence-electron chi connectivity index (χ2n) is 7.99. The molecule has 0 spiro atoms. The van der Waals surface area contributed by atoms with Crippen molar-refractivity contribution in [3.63, 3.8) is 0 Å². The van der Waals surface area contributed by atoms with Crippen LogP contribution in [0.4, 0.5) is 0 Å². The summed E-state index contributed by atoms with van der Waals surface area (Å²) in [5.74, 6) is 0.860. The van der Waals surface area contributed by atoms with E-state index in [1.165, 1.54) is 39.1 Å². The highest BCUT2D eigenvalue weighted by Crippen LogP contribution is 2.26. The number of nitrogens with one attached hydrogen (secondary N) is 2. The molecule has 31 heavy (non-hydrogen) atoms. The maximum Gasteiger partial charge on any atom is 0.191 e. The second-order valence-corrected chi connectivity index (χ2v) is 8.40. The number of hydrogen-bond acceptors (Lipinski definition) is 4. The van der Waals surface area contributed by atoms with Crippen LogP contribution >= 0.6 is 35.6 Å². The first kappa shape index (κ1) is 28.4. The lowest BCUT2D eigenvalue weighted by Crippen LogP contribution is -2.45. The molecule has 6 nitrogen and oxygen atoms in total. The lowest BCUT2D eigenvalue weighted by molar-refractivity contribution is 0.152. The van der Waals surface area contributed by atoms with E-state index in [0.717, 1.165) is 49.1 Å². The zero-order chi connectivity index (χ0) is 21.8. The highest BCUT2D eigenvalue weighted by Gasteiger charge is 2.20. The van der Waals surface area contributed by atoms with Crippen LogP contribution in [0.1, 0.15) is 38.3 Å². The van der Waals surface area contributed by atoms with E-state index < -0.39 is 0 Å². The first-order valence-corrected chi connectivity index (χ1v) is 11.8. The van der Waals surface area contributed by atoms with Gasteiger partial charge in [0.05, 0.1) is 6.04 Å². The van der Waals surface area contributed by atoms with E-state index in [1.807, 2.05) is 19.2 Å². The van der Waals surface area contributed by atoms with Gasteiger partial charge in [-0.1, -0.05) is 43.6 Å². The van der Waals surface area contributed by atoms with Gasteiger partial charge in [-0.3, -0.25) is 9.89 Å². The summed E-state index contributed by atoms with van der Waals surface area (Å²) >= 11 is 6.51. The fraction of sp³-hybridized carbons (Fsp3) is 0.696. The van der Waals surface area contributed by atoms with Gasteiger partial charge < -0.3 is 20.4 Å². The van der Waals surface area contributed by atoms with Gasteiger partial charge in [0.25, 0.3) is 0 Å². The topological polar surface area (TPSA) is 46.1 Å². The third-order valence-corrected chi connectivity index (χ3v) is 6.34. The SMILES string of the molecule is CCN(CC)C(CNC(=NC)NCCCCN1CCN(C)CC1)c1ccccc1Cl.I. The monoisotopic (exact) mass is 564 g/mol. The lowest BCUT2D eigenvalue weighted by atomic mass is 10.0. The number of nitrogens with zero attached hydrogens (tertiary/aromatic N) is 4. The van der Waals surface area contributed by atoms with Crippen LogP contribution in [-0.4, -0.2) is 93.7 Å². The van der Waals surface area contributed by atoms with Gasteiger partial charge in [0.15, 0.2) is 5.96 Å². The summed E-state index contributed by atoms with van der Waals surface area (Å²) in [6.07, 6.45) is 2.37. The Balaban J connectivity index is 0.00000480. The zero-order valence-electron chi connectivity index (χ0n) is 19.7. The molecule has 0 bridgehead atoms. The third-order valence-electron chi connectivity index (χ3n) is 5.99. The molecule has 1 unspecified atom stereocenters. The average Bonchev–Trinajstić information content (AvgIpc) is 2.76. The fourth-order valence-electron chi connectivity index (χ4n) is 4.00. The molecular weight excluding hydrogens is 523 g/mol. The average molecular weight is 565 g/mol. The molecule has 0 saturated carbocycles. The number of halogens is 2. The van der Waals surface area contributed by atoms with Gasteiger partial charge in [-0.25, -0.2) is 0 Å². The zero-order valence-corrected chi connectivity index (χ0v) is 22.8. The van der Waals surface area contributed by atoms with Crippen LogP contribution in [0.2, 0.25) is 5.02 Å². The largest absolute Gasteiger partial charge is 0.356 e. The predicted octanol–water partition coefficient (Wildman–Crippen LogP) is 3.53. The van der Waals surface area contributed by atoms with E-state index in [4.69, 9.17) is 11.6 Å². The van der Waals surface area contributed by atoms with E-state index in [0.29, 0.717) is 0 Å². The lowest BCUT2D eigenvalue weighted by Gasteiger charge is -2.32. The molecule has 1 aliphatic heterocycles. The number of benzene rings is 1. The molecule has 8 heteroatoms. The van der Waals surface area contributed by atoms with Gasteiger partial charge in [0, 0.05) is 51.3 Å². The quantitative estimate of drug-likeness (QED) is 0.186. The molecule has 0 radical (unpaired) electrons. The van der Waals surface area contributed by atoms with Crippen LogP contribution in [-0.2, 0) is 0 Å². The molecule has 0 amide bonds. The van der Waals surface area contributed by atoms with E-state index in [1.54, 1.807) is 0 Å². The van der Waals surface area contributed by atoms with Gasteiger partial charge in [-0.05, 0) is 51.2 Å². The third kappa shape index (κ3) is 9.82. The van der Waals surface area contributed by atoms with Crippen LogP contribution in [0.15, 0.2) is 29.3 Å². The number of piperazine rings is 1. The summed E-state index contributed by atoms with van der Waals surface area (Å²) in [5, 5.41) is 7.81. The molecule has 1 saturated heterocycles. The maximum atomic E-state index is 6.51. The van der Waals surface area contributed by atoms with Crippen molar-refractivity contribution in [3.05, 3.63) is 34.9 Å². The maximum absolute atomic E-state index is 6.51. The van der Waals surface area contributed by atoms with E-state index in [9.17, 15) is 0 Å². The van der Waals surface area contributed by atoms with Crippen molar-refractivity contribution in [1.29, 1.82) is 0 Å². The molecule has 1 aromatic carbocycles. The normalized spacial score (nSPS) is 16.8. The summed E-state index contributed by atoms with van der Waals surface area (Å²) in [4.78, 5) is 11.8. The van der Waals surface area contributed by atoms with Gasteiger partial charge in [-0.2, -0.15) is 0 Å². The van der Waals surface area contributed by atoms with Crippen molar-refractivity contribution in [3.8, 4) is 0 Å². The smallest absolute Gasteiger partial charge is 0.191 e. The number of guanidine groups is 1. The highest BCUT2D eigenvalue weighted by molar-refractivity contribution is 14.0. The number of hydrogen-bond donors (Lipinski definition) is 2. The minimum atomic E-state index is 0. The van der Waals surface area contributed by atoms with Crippen molar-refractivity contribution in [1.82, 2.24) is 25.3 Å². The van der Waals surface area contributed by atoms with Crippen LogP contribution < -0.4 is 10.6 Å². The summed E-state index contributed by atoms with van der Waals surface area (Å²) in [6.45, 7) is 14.0. The van der Waals surface area contributed by atoms with E-state index in [-0.39, 0.29) is 30.0 Å². The molecular formula is C23H42ClIN6. The van der Waals surface area contributed by atoms with Crippen LogP contribution in [0.5, 0.6) is 0 Å². The van der Waals surface area contributed by atoms with Crippen LogP contribution in [0.3, 0.4) is 0 Å². The number of aliphatic imine (C=N–C) groups is 1. The molecule has 1 heterocycles. The van der Waals surface area contributed by atoms with Gasteiger partial charge >= 0.3 is 0 Å². The van der Waals surface area contributed by atoms with E-state index in [2.05, 4.69) is 63.4 Å². The number of unbranched alkanes of at least 4 members (excludes halogenated alkanes) is 1. The minimum Gasteiger partial charge on any atom is -0.356 e. The summed E-state index contributed by atoms with van der Waals surface area (Å²) < 4.78 is 0.